The van der Waals surface area contributed by atoms with Gasteiger partial charge in [0.2, 0.25) is 0 Å². The molecule has 2 heterocycles. The monoisotopic (exact) mass is 421 g/mol. The summed E-state index contributed by atoms with van der Waals surface area (Å²) >= 11 is 12.3. The van der Waals surface area contributed by atoms with E-state index >= 15 is 0 Å². The number of carbonyl (C=O) groups is 1. The molecule has 0 saturated carbocycles. The van der Waals surface area contributed by atoms with Gasteiger partial charge in [-0.25, -0.2) is 13.5 Å². The van der Waals surface area contributed by atoms with Crippen molar-refractivity contribution in [3.05, 3.63) is 80.6 Å². The summed E-state index contributed by atoms with van der Waals surface area (Å²) in [5.74, 6) is -1.46. The first-order chi connectivity index (χ1) is 13.4. The zero-order valence-electron chi connectivity index (χ0n) is 14.8. The lowest BCUT2D eigenvalue weighted by Gasteiger charge is -2.26. The predicted octanol–water partition coefficient (Wildman–Crippen LogP) is 5.03. The maximum atomic E-state index is 14.4. The number of halogens is 4. The van der Waals surface area contributed by atoms with Gasteiger partial charge in [0, 0.05) is 17.7 Å². The standard InChI is InChI=1S/C20H15Cl2F2N3O/c1-11-4-2-5-12(16(11)23)10-27-19(22)13-8-9-26(20(28)18(13)25-27)15-7-3-6-14(21)17(15)24/h2-7H,8-10H2,1H3. The molecule has 8 heteroatoms. The van der Waals surface area contributed by atoms with E-state index in [0.29, 0.717) is 23.1 Å². The Morgan fingerprint density at radius 3 is 2.64 bits per heavy atom. The summed E-state index contributed by atoms with van der Waals surface area (Å²) in [5, 5.41) is 4.52. The highest BCUT2D eigenvalue weighted by atomic mass is 35.5. The lowest BCUT2D eigenvalue weighted by Crippen LogP contribution is -2.38. The van der Waals surface area contributed by atoms with Crippen molar-refractivity contribution in [1.29, 1.82) is 0 Å². The Labute approximate surface area is 170 Å². The first-order valence-electron chi connectivity index (χ1n) is 8.63. The Morgan fingerprint density at radius 2 is 1.86 bits per heavy atom. The zero-order valence-corrected chi connectivity index (χ0v) is 16.4. The molecule has 4 nitrogen and oxygen atoms in total. The molecular formula is C20H15Cl2F2N3O. The summed E-state index contributed by atoms with van der Waals surface area (Å²) in [6.45, 7) is 2.01. The van der Waals surface area contributed by atoms with Crippen LogP contribution >= 0.6 is 23.2 Å². The lowest BCUT2D eigenvalue weighted by molar-refractivity contribution is 0.0974. The molecular weight excluding hydrogens is 407 g/mol. The van der Waals surface area contributed by atoms with Crippen LogP contribution in [0.1, 0.15) is 27.2 Å². The maximum Gasteiger partial charge on any atom is 0.279 e. The number of aryl methyl sites for hydroxylation is 1. The molecule has 0 radical (unpaired) electrons. The third-order valence-corrected chi connectivity index (χ3v) is 5.54. The number of amides is 1. The molecule has 0 fully saturated rings. The van der Waals surface area contributed by atoms with E-state index < -0.39 is 11.7 Å². The Balaban J connectivity index is 1.70. The third-order valence-electron chi connectivity index (χ3n) is 4.83. The average molecular weight is 422 g/mol. The fourth-order valence-corrected chi connectivity index (χ4v) is 3.80. The average Bonchev–Trinajstić information content (AvgIpc) is 2.99. The van der Waals surface area contributed by atoms with Crippen molar-refractivity contribution in [1.82, 2.24) is 9.78 Å². The van der Waals surface area contributed by atoms with Crippen LogP contribution in [0.5, 0.6) is 0 Å². The fourth-order valence-electron chi connectivity index (χ4n) is 3.35. The van der Waals surface area contributed by atoms with Crippen LogP contribution < -0.4 is 4.90 Å². The van der Waals surface area contributed by atoms with E-state index in [1.54, 1.807) is 31.2 Å². The van der Waals surface area contributed by atoms with Gasteiger partial charge in [-0.3, -0.25) is 4.79 Å². The number of fused-ring (bicyclic) bond motifs is 1. The Kier molecular flexibility index (Phi) is 4.85. The number of aromatic nitrogens is 2. The van der Waals surface area contributed by atoms with E-state index in [1.807, 2.05) is 0 Å². The van der Waals surface area contributed by atoms with E-state index in [0.717, 1.165) is 0 Å². The quantitative estimate of drug-likeness (QED) is 0.594. The normalized spacial score (nSPS) is 13.8. The highest BCUT2D eigenvalue weighted by Gasteiger charge is 2.33. The van der Waals surface area contributed by atoms with Gasteiger partial charge >= 0.3 is 0 Å². The van der Waals surface area contributed by atoms with Crippen LogP contribution in [0.3, 0.4) is 0 Å². The van der Waals surface area contributed by atoms with Crippen molar-refractivity contribution in [3.8, 4) is 0 Å². The molecule has 1 aliphatic rings. The molecule has 144 valence electrons. The first kappa shape index (κ1) is 18.9. The number of hydrogen-bond donors (Lipinski definition) is 0. The number of anilines is 1. The van der Waals surface area contributed by atoms with Crippen LogP contribution in [-0.4, -0.2) is 22.2 Å². The molecule has 0 aliphatic carbocycles. The number of rotatable bonds is 3. The van der Waals surface area contributed by atoms with Gasteiger partial charge in [0.05, 0.1) is 17.3 Å². The zero-order chi connectivity index (χ0) is 20.0. The largest absolute Gasteiger partial charge is 0.304 e. The van der Waals surface area contributed by atoms with Crippen LogP contribution in [0, 0.1) is 18.6 Å². The van der Waals surface area contributed by atoms with Gasteiger partial charge in [-0.15, -0.1) is 0 Å². The van der Waals surface area contributed by atoms with E-state index in [9.17, 15) is 13.6 Å². The van der Waals surface area contributed by atoms with Crippen LogP contribution in [0.2, 0.25) is 10.2 Å². The van der Waals surface area contributed by atoms with Crippen LogP contribution in [0.25, 0.3) is 0 Å². The molecule has 1 aromatic heterocycles. The molecule has 3 aromatic rings. The van der Waals surface area contributed by atoms with Crippen molar-refractivity contribution >= 4 is 34.8 Å². The highest BCUT2D eigenvalue weighted by Crippen LogP contribution is 2.32. The van der Waals surface area contributed by atoms with Crippen LogP contribution in [0.15, 0.2) is 36.4 Å². The van der Waals surface area contributed by atoms with Crippen molar-refractivity contribution in [3.63, 3.8) is 0 Å². The van der Waals surface area contributed by atoms with Crippen molar-refractivity contribution < 1.29 is 13.6 Å². The summed E-state index contributed by atoms with van der Waals surface area (Å²) in [6.07, 6.45) is 0.405. The first-order valence-corrected chi connectivity index (χ1v) is 9.39. The van der Waals surface area contributed by atoms with Gasteiger partial charge in [-0.1, -0.05) is 47.5 Å². The second-order valence-corrected chi connectivity index (χ2v) is 7.37. The topological polar surface area (TPSA) is 38.1 Å². The minimum atomic E-state index is -0.659. The second-order valence-electron chi connectivity index (χ2n) is 6.60. The van der Waals surface area contributed by atoms with Gasteiger partial charge in [0.1, 0.15) is 11.0 Å². The van der Waals surface area contributed by atoms with E-state index in [1.165, 1.54) is 21.7 Å². The summed E-state index contributed by atoms with van der Waals surface area (Å²) < 4.78 is 30.1. The summed E-state index contributed by atoms with van der Waals surface area (Å²) in [5.41, 5.74) is 1.76. The smallest absolute Gasteiger partial charge is 0.279 e. The fraction of sp³-hybridized carbons (Fsp3) is 0.200. The van der Waals surface area contributed by atoms with Gasteiger partial charge in [-0.05, 0) is 31.0 Å². The van der Waals surface area contributed by atoms with E-state index in [-0.39, 0.29) is 40.5 Å². The van der Waals surface area contributed by atoms with Gasteiger partial charge in [0.15, 0.2) is 11.5 Å². The Bertz CT molecular complexity index is 1100. The SMILES string of the molecule is Cc1cccc(Cn2nc3c(c2Cl)CCN(c2cccc(Cl)c2F)C3=O)c1F. The molecule has 0 N–H and O–H groups in total. The van der Waals surface area contributed by atoms with Gasteiger partial charge < -0.3 is 4.90 Å². The Hall–Kier alpha value is -2.44. The van der Waals surface area contributed by atoms with Crippen LogP contribution in [-0.2, 0) is 13.0 Å². The minimum absolute atomic E-state index is 0.0606. The molecule has 4 rings (SSSR count). The molecule has 0 bridgehead atoms. The predicted molar refractivity (Wildman–Crippen MR) is 104 cm³/mol. The molecule has 0 spiro atoms. The maximum absolute atomic E-state index is 14.4. The van der Waals surface area contributed by atoms with Crippen molar-refractivity contribution in [2.45, 2.75) is 19.9 Å². The summed E-state index contributed by atoms with van der Waals surface area (Å²) in [4.78, 5) is 14.2. The summed E-state index contributed by atoms with van der Waals surface area (Å²) in [6, 6.07) is 9.56. The van der Waals surface area contributed by atoms with Crippen molar-refractivity contribution in [2.75, 3.05) is 11.4 Å². The van der Waals surface area contributed by atoms with Crippen LogP contribution in [0.4, 0.5) is 14.5 Å². The van der Waals surface area contributed by atoms with Gasteiger partial charge in [-0.2, -0.15) is 5.10 Å². The molecule has 28 heavy (non-hydrogen) atoms. The molecule has 2 aromatic carbocycles. The molecule has 0 atom stereocenters. The molecule has 1 amide bonds. The van der Waals surface area contributed by atoms with E-state index in [4.69, 9.17) is 23.2 Å². The summed E-state index contributed by atoms with van der Waals surface area (Å²) in [7, 11) is 0. The number of carbonyl (C=O) groups excluding carboxylic acids is 1. The molecule has 0 unspecified atom stereocenters. The second kappa shape index (κ2) is 7.18. The van der Waals surface area contributed by atoms with Crippen molar-refractivity contribution in [2.24, 2.45) is 0 Å². The van der Waals surface area contributed by atoms with E-state index in [2.05, 4.69) is 5.10 Å². The Morgan fingerprint density at radius 1 is 1.11 bits per heavy atom. The third kappa shape index (κ3) is 3.06. The highest BCUT2D eigenvalue weighted by molar-refractivity contribution is 6.32. The molecule has 1 aliphatic heterocycles. The number of hydrogen-bond acceptors (Lipinski definition) is 2. The number of nitrogens with zero attached hydrogens (tertiary/aromatic N) is 3. The number of benzene rings is 2. The lowest BCUT2D eigenvalue weighted by atomic mass is 10.1. The minimum Gasteiger partial charge on any atom is -0.304 e. The van der Waals surface area contributed by atoms with Gasteiger partial charge in [0.25, 0.3) is 5.91 Å². The molecule has 0 saturated heterocycles.